The van der Waals surface area contributed by atoms with Crippen molar-refractivity contribution in [2.75, 3.05) is 0 Å². The number of hydrogen-bond donors (Lipinski definition) is 1. The first-order chi connectivity index (χ1) is 12.7. The number of amides is 1. The zero-order valence-corrected chi connectivity index (χ0v) is 16.9. The van der Waals surface area contributed by atoms with Crippen molar-refractivity contribution in [2.45, 2.75) is 4.90 Å². The molecule has 3 rings (SSSR count). The minimum Gasteiger partial charge on any atom is -0.333 e. The largest absolute Gasteiger partial charge is 0.333 e. The SMILES string of the molecule is Cn1cc(C(=O)NS(=O)(=O)c2c(Cl)cccc2Cl)nc1-c1ccccc1Cl. The van der Waals surface area contributed by atoms with Crippen LogP contribution in [-0.4, -0.2) is 23.9 Å². The van der Waals surface area contributed by atoms with Crippen LogP contribution in [0.15, 0.2) is 53.6 Å². The lowest BCUT2D eigenvalue weighted by Crippen LogP contribution is -2.31. The summed E-state index contributed by atoms with van der Waals surface area (Å²) in [5.74, 6) is -0.501. The summed E-state index contributed by atoms with van der Waals surface area (Å²) in [4.78, 5) is 16.3. The van der Waals surface area contributed by atoms with E-state index in [1.807, 2.05) is 4.72 Å². The molecule has 0 aliphatic heterocycles. The van der Waals surface area contributed by atoms with E-state index in [4.69, 9.17) is 34.8 Å². The van der Waals surface area contributed by atoms with Gasteiger partial charge in [0.15, 0.2) is 0 Å². The Bertz CT molecular complexity index is 1120. The summed E-state index contributed by atoms with van der Waals surface area (Å²) in [5, 5.41) is 0.259. The Labute approximate surface area is 170 Å². The van der Waals surface area contributed by atoms with E-state index in [1.54, 1.807) is 35.9 Å². The molecule has 0 bridgehead atoms. The van der Waals surface area contributed by atoms with Gasteiger partial charge >= 0.3 is 0 Å². The van der Waals surface area contributed by atoms with Crippen molar-refractivity contribution in [3.63, 3.8) is 0 Å². The van der Waals surface area contributed by atoms with Gasteiger partial charge in [0, 0.05) is 18.8 Å². The number of halogens is 3. The molecule has 10 heteroatoms. The van der Waals surface area contributed by atoms with E-state index in [-0.39, 0.29) is 20.6 Å². The van der Waals surface area contributed by atoms with Crippen LogP contribution in [0.25, 0.3) is 11.4 Å². The van der Waals surface area contributed by atoms with Gasteiger partial charge in [0.25, 0.3) is 15.9 Å². The van der Waals surface area contributed by atoms with Crippen LogP contribution in [0.4, 0.5) is 0 Å². The van der Waals surface area contributed by atoms with Gasteiger partial charge in [0.2, 0.25) is 0 Å². The van der Waals surface area contributed by atoms with E-state index in [0.29, 0.717) is 16.4 Å². The van der Waals surface area contributed by atoms with Crippen molar-refractivity contribution >= 4 is 50.7 Å². The van der Waals surface area contributed by atoms with Crippen molar-refractivity contribution in [3.05, 3.63) is 69.4 Å². The highest BCUT2D eigenvalue weighted by Crippen LogP contribution is 2.29. The zero-order valence-electron chi connectivity index (χ0n) is 13.8. The van der Waals surface area contributed by atoms with Crippen molar-refractivity contribution in [1.82, 2.24) is 14.3 Å². The monoisotopic (exact) mass is 443 g/mol. The molecule has 0 aliphatic carbocycles. The average Bonchev–Trinajstić information content (AvgIpc) is 2.96. The van der Waals surface area contributed by atoms with Crippen LogP contribution in [0.1, 0.15) is 10.5 Å². The van der Waals surface area contributed by atoms with Crippen LogP contribution in [0.5, 0.6) is 0 Å². The number of nitrogens with zero attached hydrogens (tertiary/aromatic N) is 2. The molecular weight excluding hydrogens is 433 g/mol. The smallest absolute Gasteiger partial charge is 0.285 e. The number of carbonyl (C=O) groups is 1. The van der Waals surface area contributed by atoms with Crippen LogP contribution in [0.2, 0.25) is 15.1 Å². The molecule has 0 aliphatic rings. The number of rotatable bonds is 4. The molecule has 0 fully saturated rings. The van der Waals surface area contributed by atoms with Crippen molar-refractivity contribution in [1.29, 1.82) is 0 Å². The second-order valence-corrected chi connectivity index (χ2v) is 8.37. The molecule has 0 radical (unpaired) electrons. The molecule has 27 heavy (non-hydrogen) atoms. The van der Waals surface area contributed by atoms with Crippen molar-refractivity contribution in [2.24, 2.45) is 7.05 Å². The Morgan fingerprint density at radius 3 is 2.22 bits per heavy atom. The average molecular weight is 445 g/mol. The Balaban J connectivity index is 1.94. The van der Waals surface area contributed by atoms with Crippen molar-refractivity contribution < 1.29 is 13.2 Å². The number of aryl methyl sites for hydroxylation is 1. The molecule has 1 amide bonds. The van der Waals surface area contributed by atoms with Gasteiger partial charge in [-0.2, -0.15) is 0 Å². The number of carbonyl (C=O) groups excluding carboxylic acids is 1. The lowest BCUT2D eigenvalue weighted by Gasteiger charge is -2.08. The van der Waals surface area contributed by atoms with Gasteiger partial charge in [-0.25, -0.2) is 18.1 Å². The van der Waals surface area contributed by atoms with Gasteiger partial charge in [-0.05, 0) is 24.3 Å². The van der Waals surface area contributed by atoms with Crippen molar-refractivity contribution in [3.8, 4) is 11.4 Å². The zero-order chi connectivity index (χ0) is 19.8. The van der Waals surface area contributed by atoms with Crippen LogP contribution in [0, 0.1) is 0 Å². The second kappa shape index (κ2) is 7.52. The first-order valence-corrected chi connectivity index (χ1v) is 10.1. The Morgan fingerprint density at radius 1 is 1.00 bits per heavy atom. The fourth-order valence-corrected chi connectivity index (χ4v) is 4.76. The molecule has 0 unspecified atom stereocenters. The van der Waals surface area contributed by atoms with Gasteiger partial charge in [-0.15, -0.1) is 0 Å². The van der Waals surface area contributed by atoms with E-state index in [1.165, 1.54) is 24.4 Å². The molecular formula is C17H12Cl3N3O3S. The fourth-order valence-electron chi connectivity index (χ4n) is 2.43. The summed E-state index contributed by atoms with van der Waals surface area (Å²) in [6.45, 7) is 0. The summed E-state index contributed by atoms with van der Waals surface area (Å²) in [5.41, 5.74) is 0.511. The molecule has 1 heterocycles. The Kier molecular flexibility index (Phi) is 5.48. The molecule has 2 aromatic carbocycles. The molecule has 0 spiro atoms. The third kappa shape index (κ3) is 3.96. The first kappa shape index (κ1) is 19.7. The molecule has 1 N–H and O–H groups in total. The summed E-state index contributed by atoms with van der Waals surface area (Å²) in [6.07, 6.45) is 1.40. The molecule has 140 valence electrons. The molecule has 3 aromatic rings. The van der Waals surface area contributed by atoms with E-state index in [9.17, 15) is 13.2 Å². The third-order valence-corrected chi connectivity index (χ3v) is 6.25. The predicted octanol–water partition coefficient (Wildman–Crippen LogP) is 4.17. The van der Waals surface area contributed by atoms with Gasteiger partial charge in [-0.1, -0.05) is 53.0 Å². The second-order valence-electron chi connectivity index (χ2n) is 5.53. The lowest BCUT2D eigenvalue weighted by molar-refractivity contribution is 0.0977. The number of imidazole rings is 1. The van der Waals surface area contributed by atoms with Gasteiger partial charge in [0.05, 0.1) is 15.1 Å². The van der Waals surface area contributed by atoms with Gasteiger partial charge in [0.1, 0.15) is 16.4 Å². The molecule has 6 nitrogen and oxygen atoms in total. The maximum absolute atomic E-state index is 12.5. The molecule has 0 atom stereocenters. The summed E-state index contributed by atoms with van der Waals surface area (Å²) < 4.78 is 28.5. The maximum atomic E-state index is 12.5. The van der Waals surface area contributed by atoms with Gasteiger partial charge in [-0.3, -0.25) is 4.79 Å². The standard InChI is InChI=1S/C17H12Cl3N3O3S/c1-23-9-14(21-16(23)10-5-2-3-6-11(10)18)17(24)22-27(25,26)15-12(19)7-4-8-13(15)20/h2-9H,1H3,(H,22,24). The Hall–Kier alpha value is -2.06. The van der Waals surface area contributed by atoms with Gasteiger partial charge < -0.3 is 4.57 Å². The number of sulfonamides is 1. The molecule has 0 saturated carbocycles. The summed E-state index contributed by atoms with van der Waals surface area (Å²) in [7, 11) is -2.62. The third-order valence-electron chi connectivity index (χ3n) is 3.64. The lowest BCUT2D eigenvalue weighted by atomic mass is 10.2. The fraction of sp³-hybridized carbons (Fsp3) is 0.0588. The van der Waals surface area contributed by atoms with E-state index >= 15 is 0 Å². The minimum absolute atomic E-state index is 0.0967. The highest BCUT2D eigenvalue weighted by atomic mass is 35.5. The van der Waals surface area contributed by atoms with E-state index in [2.05, 4.69) is 4.98 Å². The van der Waals surface area contributed by atoms with E-state index in [0.717, 1.165) is 0 Å². The number of benzene rings is 2. The number of hydrogen-bond acceptors (Lipinski definition) is 4. The van der Waals surface area contributed by atoms with E-state index < -0.39 is 15.9 Å². The summed E-state index contributed by atoms with van der Waals surface area (Å²) >= 11 is 18.0. The quantitative estimate of drug-likeness (QED) is 0.655. The predicted molar refractivity (Wildman–Crippen MR) is 105 cm³/mol. The molecule has 0 saturated heterocycles. The normalized spacial score (nSPS) is 11.4. The van der Waals surface area contributed by atoms with Crippen LogP contribution in [0.3, 0.4) is 0 Å². The Morgan fingerprint density at radius 2 is 1.59 bits per heavy atom. The number of aromatic nitrogens is 2. The maximum Gasteiger partial charge on any atom is 0.285 e. The van der Waals surface area contributed by atoms with Crippen LogP contribution >= 0.6 is 34.8 Å². The minimum atomic E-state index is -4.28. The summed E-state index contributed by atoms with van der Waals surface area (Å²) in [6, 6.07) is 11.2. The molecule has 1 aromatic heterocycles. The number of nitrogens with one attached hydrogen (secondary N) is 1. The first-order valence-electron chi connectivity index (χ1n) is 7.50. The highest BCUT2D eigenvalue weighted by Gasteiger charge is 2.26. The topological polar surface area (TPSA) is 81.1 Å². The highest BCUT2D eigenvalue weighted by molar-refractivity contribution is 7.90. The van der Waals surface area contributed by atoms with Crippen LogP contribution in [-0.2, 0) is 17.1 Å². The van der Waals surface area contributed by atoms with Crippen LogP contribution < -0.4 is 4.72 Å².